The Hall–Kier alpha value is -2.67. The van der Waals surface area contributed by atoms with Gasteiger partial charge >= 0.3 is 5.97 Å². The maximum absolute atomic E-state index is 12.4. The third kappa shape index (κ3) is 5.66. The van der Waals surface area contributed by atoms with Crippen LogP contribution in [0.4, 0.5) is 0 Å². The van der Waals surface area contributed by atoms with Gasteiger partial charge in [-0.3, -0.25) is 14.4 Å². The summed E-state index contributed by atoms with van der Waals surface area (Å²) < 4.78 is 5.11. The second kappa shape index (κ2) is 10.0. The first-order valence-electron chi connectivity index (χ1n) is 9.44. The zero-order valence-electron chi connectivity index (χ0n) is 15.6. The number of hydrogen-bond donors (Lipinski definition) is 1. The van der Waals surface area contributed by atoms with Crippen LogP contribution < -0.4 is 5.32 Å². The number of ether oxygens (including phenoxy) is 1. The Morgan fingerprint density at radius 1 is 1.11 bits per heavy atom. The zero-order valence-corrected chi connectivity index (χ0v) is 16.5. The molecule has 148 valence electrons. The molecule has 1 fully saturated rings. The predicted octanol–water partition coefficient (Wildman–Crippen LogP) is 2.90. The van der Waals surface area contributed by atoms with Crippen molar-refractivity contribution in [3.8, 4) is 0 Å². The molecule has 1 saturated heterocycles. The molecule has 0 unspecified atom stereocenters. The summed E-state index contributed by atoms with van der Waals surface area (Å²) in [4.78, 5) is 38.9. The van der Waals surface area contributed by atoms with Gasteiger partial charge in [0.25, 0.3) is 5.91 Å². The van der Waals surface area contributed by atoms with E-state index in [2.05, 4.69) is 5.32 Å². The fourth-order valence-corrected chi connectivity index (χ4v) is 3.98. The third-order valence-electron chi connectivity index (χ3n) is 4.62. The number of carbonyl (C=O) groups is 3. The molecule has 1 aromatic heterocycles. The SMILES string of the molecule is O=C(COC(=O)CN1CCCCCC1=O)N[C@@H](c1ccccc1)c1cccs1. The highest BCUT2D eigenvalue weighted by atomic mass is 32.1. The van der Waals surface area contributed by atoms with Gasteiger partial charge in [-0.15, -0.1) is 11.3 Å². The van der Waals surface area contributed by atoms with Crippen molar-refractivity contribution >= 4 is 29.1 Å². The Labute approximate surface area is 168 Å². The highest BCUT2D eigenvalue weighted by Crippen LogP contribution is 2.25. The van der Waals surface area contributed by atoms with Crippen molar-refractivity contribution in [2.24, 2.45) is 0 Å². The molecule has 6 nitrogen and oxygen atoms in total. The van der Waals surface area contributed by atoms with E-state index in [0.29, 0.717) is 13.0 Å². The van der Waals surface area contributed by atoms with Gasteiger partial charge in [-0.25, -0.2) is 0 Å². The van der Waals surface area contributed by atoms with Gasteiger partial charge in [0.15, 0.2) is 6.61 Å². The first-order chi connectivity index (χ1) is 13.6. The summed E-state index contributed by atoms with van der Waals surface area (Å²) in [7, 11) is 0. The number of rotatable bonds is 7. The van der Waals surface area contributed by atoms with Crippen LogP contribution in [-0.4, -0.2) is 42.4 Å². The van der Waals surface area contributed by atoms with E-state index in [0.717, 1.165) is 29.7 Å². The molecule has 28 heavy (non-hydrogen) atoms. The Morgan fingerprint density at radius 3 is 2.68 bits per heavy atom. The zero-order chi connectivity index (χ0) is 19.8. The Balaban J connectivity index is 1.53. The van der Waals surface area contributed by atoms with Crippen molar-refractivity contribution in [3.63, 3.8) is 0 Å². The second-order valence-corrected chi connectivity index (χ2v) is 7.69. The monoisotopic (exact) mass is 400 g/mol. The number of esters is 1. The lowest BCUT2D eigenvalue weighted by Crippen LogP contribution is -2.38. The van der Waals surface area contributed by atoms with E-state index in [1.165, 1.54) is 4.90 Å². The molecule has 1 aromatic carbocycles. The summed E-state index contributed by atoms with van der Waals surface area (Å²) in [6.07, 6.45) is 3.20. The van der Waals surface area contributed by atoms with Crippen LogP contribution in [0.3, 0.4) is 0 Å². The molecule has 3 rings (SSSR count). The fraction of sp³-hybridized carbons (Fsp3) is 0.381. The van der Waals surface area contributed by atoms with Crippen LogP contribution in [0.25, 0.3) is 0 Å². The van der Waals surface area contributed by atoms with Gasteiger partial charge in [0.2, 0.25) is 5.91 Å². The van der Waals surface area contributed by atoms with Gasteiger partial charge in [0, 0.05) is 17.8 Å². The lowest BCUT2D eigenvalue weighted by Gasteiger charge is -2.20. The van der Waals surface area contributed by atoms with Crippen molar-refractivity contribution in [2.45, 2.75) is 31.7 Å². The molecule has 2 heterocycles. The van der Waals surface area contributed by atoms with E-state index in [4.69, 9.17) is 4.74 Å². The Morgan fingerprint density at radius 2 is 1.93 bits per heavy atom. The molecule has 0 bridgehead atoms. The van der Waals surface area contributed by atoms with Crippen LogP contribution in [0, 0.1) is 0 Å². The molecule has 7 heteroatoms. The summed E-state index contributed by atoms with van der Waals surface area (Å²) in [5, 5.41) is 4.88. The number of likely N-dealkylation sites (tertiary alicyclic amines) is 1. The van der Waals surface area contributed by atoms with Gasteiger partial charge in [0.05, 0.1) is 6.04 Å². The number of carbonyl (C=O) groups excluding carboxylic acids is 3. The van der Waals surface area contributed by atoms with Crippen molar-refractivity contribution in [2.75, 3.05) is 19.7 Å². The third-order valence-corrected chi connectivity index (χ3v) is 5.56. The molecule has 1 atom stereocenters. The van der Waals surface area contributed by atoms with Crippen LogP contribution >= 0.6 is 11.3 Å². The fourth-order valence-electron chi connectivity index (χ4n) is 3.18. The van der Waals surface area contributed by atoms with Crippen LogP contribution in [0.15, 0.2) is 47.8 Å². The van der Waals surface area contributed by atoms with Gasteiger partial charge in [-0.05, 0) is 29.9 Å². The molecule has 0 aliphatic carbocycles. The molecule has 1 aliphatic rings. The van der Waals surface area contributed by atoms with Gasteiger partial charge < -0.3 is 15.0 Å². The normalized spacial score (nSPS) is 15.6. The number of nitrogens with one attached hydrogen (secondary N) is 1. The van der Waals surface area contributed by atoms with Gasteiger partial charge in [-0.1, -0.05) is 42.8 Å². The van der Waals surface area contributed by atoms with Crippen LogP contribution in [-0.2, 0) is 19.1 Å². The molecular formula is C21H24N2O4S. The first kappa shape index (κ1) is 20.1. The van der Waals surface area contributed by atoms with Gasteiger partial charge in [0.1, 0.15) is 6.54 Å². The topological polar surface area (TPSA) is 75.7 Å². The lowest BCUT2D eigenvalue weighted by molar-refractivity contribution is -0.152. The standard InChI is InChI=1S/C21H24N2O4S/c24-18(15-27-20(26)14-23-12-6-2-5-11-19(23)25)22-21(17-10-7-13-28-17)16-8-3-1-4-9-16/h1,3-4,7-10,13,21H,2,5-6,11-12,14-15H2,(H,22,24)/t21-/m0/s1. The maximum atomic E-state index is 12.4. The molecular weight excluding hydrogens is 376 g/mol. The molecule has 2 aromatic rings. The van der Waals surface area contributed by atoms with E-state index >= 15 is 0 Å². The quantitative estimate of drug-likeness (QED) is 0.725. The number of amides is 2. The van der Waals surface area contributed by atoms with Crippen LogP contribution in [0.5, 0.6) is 0 Å². The smallest absolute Gasteiger partial charge is 0.326 e. The molecule has 0 radical (unpaired) electrons. The largest absolute Gasteiger partial charge is 0.454 e. The minimum atomic E-state index is -0.558. The summed E-state index contributed by atoms with van der Waals surface area (Å²) in [5.74, 6) is -0.962. The van der Waals surface area contributed by atoms with Crippen molar-refractivity contribution < 1.29 is 19.1 Å². The van der Waals surface area contributed by atoms with Crippen molar-refractivity contribution in [1.82, 2.24) is 10.2 Å². The van der Waals surface area contributed by atoms with E-state index in [1.54, 1.807) is 11.3 Å². The first-order valence-corrected chi connectivity index (χ1v) is 10.3. The predicted molar refractivity (Wildman–Crippen MR) is 107 cm³/mol. The summed E-state index contributed by atoms with van der Waals surface area (Å²) in [6.45, 7) is 0.101. The molecule has 0 saturated carbocycles. The number of benzene rings is 1. The van der Waals surface area contributed by atoms with E-state index in [1.807, 2.05) is 47.8 Å². The molecule has 0 spiro atoms. The van der Waals surface area contributed by atoms with Crippen molar-refractivity contribution in [1.29, 1.82) is 0 Å². The highest BCUT2D eigenvalue weighted by molar-refractivity contribution is 7.10. The Kier molecular flexibility index (Phi) is 7.19. The molecule has 2 amide bonds. The molecule has 1 aliphatic heterocycles. The van der Waals surface area contributed by atoms with E-state index < -0.39 is 5.97 Å². The second-order valence-electron chi connectivity index (χ2n) is 6.71. The number of hydrogen-bond acceptors (Lipinski definition) is 5. The average molecular weight is 400 g/mol. The van der Waals surface area contributed by atoms with E-state index in [-0.39, 0.29) is 31.0 Å². The minimum absolute atomic E-state index is 0.0271. The summed E-state index contributed by atoms with van der Waals surface area (Å²) in [6, 6.07) is 13.2. The Bertz CT molecular complexity index is 792. The van der Waals surface area contributed by atoms with Gasteiger partial charge in [-0.2, -0.15) is 0 Å². The van der Waals surface area contributed by atoms with E-state index in [9.17, 15) is 14.4 Å². The minimum Gasteiger partial charge on any atom is -0.454 e. The summed E-state index contributed by atoms with van der Waals surface area (Å²) in [5.41, 5.74) is 0.958. The maximum Gasteiger partial charge on any atom is 0.326 e. The van der Waals surface area contributed by atoms with Crippen molar-refractivity contribution in [3.05, 3.63) is 58.3 Å². The number of nitrogens with zero attached hydrogens (tertiary/aromatic N) is 1. The number of thiophene rings is 1. The van der Waals surface area contributed by atoms with Crippen LogP contribution in [0.2, 0.25) is 0 Å². The average Bonchev–Trinajstić information content (AvgIpc) is 3.17. The highest BCUT2D eigenvalue weighted by Gasteiger charge is 2.22. The van der Waals surface area contributed by atoms with Crippen LogP contribution in [0.1, 0.15) is 42.2 Å². The molecule has 1 N–H and O–H groups in total. The summed E-state index contributed by atoms with van der Waals surface area (Å²) >= 11 is 1.55. The lowest BCUT2D eigenvalue weighted by atomic mass is 10.1.